The van der Waals surface area contributed by atoms with Crippen molar-refractivity contribution >= 4 is 22.8 Å². The molecular weight excluding hydrogens is 320 g/mol. The Morgan fingerprint density at radius 3 is 2.68 bits per heavy atom. The highest BCUT2D eigenvalue weighted by atomic mass is 16.4. The minimum Gasteiger partial charge on any atom is -0.475 e. The maximum absolute atomic E-state index is 12.9. The van der Waals surface area contributed by atoms with Gasteiger partial charge in [0.15, 0.2) is 5.76 Å². The first kappa shape index (κ1) is 15.5. The molecule has 2 aromatic heterocycles. The summed E-state index contributed by atoms with van der Waals surface area (Å²) in [5.41, 5.74) is 2.04. The fourth-order valence-corrected chi connectivity index (χ4v) is 3.48. The number of nitrogens with zero attached hydrogens (tertiary/aromatic N) is 1. The van der Waals surface area contributed by atoms with Crippen LogP contribution in [0.3, 0.4) is 0 Å². The van der Waals surface area contributed by atoms with E-state index in [1.165, 1.54) is 12.1 Å². The summed E-state index contributed by atoms with van der Waals surface area (Å²) in [6, 6.07) is 12.8. The molecule has 1 aliphatic rings. The van der Waals surface area contributed by atoms with Crippen LogP contribution in [0.15, 0.2) is 46.9 Å². The average molecular weight is 338 g/mol. The first-order valence-electron chi connectivity index (χ1n) is 8.35. The Morgan fingerprint density at radius 1 is 1.12 bits per heavy atom. The number of furan rings is 1. The maximum Gasteiger partial charge on any atom is 0.371 e. The number of piperidine rings is 1. The van der Waals surface area contributed by atoms with Crippen molar-refractivity contribution in [2.75, 3.05) is 6.54 Å². The van der Waals surface area contributed by atoms with Crippen molar-refractivity contribution in [3.05, 3.63) is 59.7 Å². The fraction of sp³-hybridized carbons (Fsp3) is 0.263. The maximum atomic E-state index is 12.9. The standard InChI is InChI=1S/C19H18N2O4/c22-18(16-8-9-17(25-16)19(23)24)21-10-4-3-7-15(21)14-11-12-5-1-2-6-13(12)20-14/h1-2,5-6,8-9,11,15,20H,3-4,7,10H2,(H,23,24)/t15-/m0/s1. The van der Waals surface area contributed by atoms with Gasteiger partial charge in [-0.15, -0.1) is 0 Å². The molecule has 6 heteroatoms. The zero-order valence-corrected chi connectivity index (χ0v) is 13.6. The van der Waals surface area contributed by atoms with E-state index in [0.717, 1.165) is 35.9 Å². The lowest BCUT2D eigenvalue weighted by atomic mass is 9.99. The third-order valence-corrected chi connectivity index (χ3v) is 4.70. The van der Waals surface area contributed by atoms with Crippen LogP contribution in [-0.4, -0.2) is 33.4 Å². The van der Waals surface area contributed by atoms with Gasteiger partial charge in [-0.25, -0.2) is 4.79 Å². The lowest BCUT2D eigenvalue weighted by Gasteiger charge is -2.34. The van der Waals surface area contributed by atoms with E-state index >= 15 is 0 Å². The first-order valence-corrected chi connectivity index (χ1v) is 8.35. The molecule has 3 heterocycles. The molecule has 2 N–H and O–H groups in total. The van der Waals surface area contributed by atoms with E-state index in [0.29, 0.717) is 6.54 Å². The van der Waals surface area contributed by atoms with Gasteiger partial charge in [-0.1, -0.05) is 18.2 Å². The fourth-order valence-electron chi connectivity index (χ4n) is 3.48. The van der Waals surface area contributed by atoms with Crippen LogP contribution in [0.4, 0.5) is 0 Å². The summed E-state index contributed by atoms with van der Waals surface area (Å²) in [5.74, 6) is -1.59. The minimum absolute atomic E-state index is 0.0629. The number of carbonyl (C=O) groups is 2. The number of aromatic nitrogens is 1. The van der Waals surface area contributed by atoms with Crippen molar-refractivity contribution in [3.8, 4) is 0 Å². The molecule has 0 bridgehead atoms. The lowest BCUT2D eigenvalue weighted by molar-refractivity contribution is 0.0564. The van der Waals surface area contributed by atoms with Gasteiger partial charge in [-0.2, -0.15) is 0 Å². The van der Waals surface area contributed by atoms with Gasteiger partial charge < -0.3 is 19.4 Å². The van der Waals surface area contributed by atoms with Crippen molar-refractivity contribution in [2.24, 2.45) is 0 Å². The number of aromatic amines is 1. The van der Waals surface area contributed by atoms with E-state index in [2.05, 4.69) is 11.1 Å². The number of benzene rings is 1. The number of nitrogens with one attached hydrogen (secondary N) is 1. The Bertz CT molecular complexity index is 907. The van der Waals surface area contributed by atoms with Crippen molar-refractivity contribution in [1.82, 2.24) is 9.88 Å². The van der Waals surface area contributed by atoms with Crippen LogP contribution in [0.5, 0.6) is 0 Å². The topological polar surface area (TPSA) is 86.5 Å². The van der Waals surface area contributed by atoms with Crippen LogP contribution in [0.25, 0.3) is 10.9 Å². The Labute approximate surface area is 144 Å². The smallest absolute Gasteiger partial charge is 0.371 e. The molecule has 3 aromatic rings. The zero-order chi connectivity index (χ0) is 17.4. The molecule has 6 nitrogen and oxygen atoms in total. The second-order valence-electron chi connectivity index (χ2n) is 6.29. The van der Waals surface area contributed by atoms with Crippen LogP contribution in [0.1, 0.15) is 52.1 Å². The number of hydrogen-bond donors (Lipinski definition) is 2. The third kappa shape index (κ3) is 2.80. The summed E-state index contributed by atoms with van der Waals surface area (Å²) >= 11 is 0. The van der Waals surface area contributed by atoms with Gasteiger partial charge in [0.25, 0.3) is 5.91 Å². The summed E-state index contributed by atoms with van der Waals surface area (Å²) in [6.45, 7) is 0.627. The van der Waals surface area contributed by atoms with E-state index < -0.39 is 5.97 Å². The van der Waals surface area contributed by atoms with Gasteiger partial charge in [0.1, 0.15) is 0 Å². The number of likely N-dealkylation sites (tertiary alicyclic amines) is 1. The first-order chi connectivity index (χ1) is 12.1. The highest BCUT2D eigenvalue weighted by Gasteiger charge is 2.31. The van der Waals surface area contributed by atoms with Gasteiger partial charge >= 0.3 is 5.97 Å². The molecule has 0 radical (unpaired) electrons. The molecule has 25 heavy (non-hydrogen) atoms. The summed E-state index contributed by atoms with van der Waals surface area (Å²) < 4.78 is 5.20. The number of carboxylic acids is 1. The van der Waals surface area contributed by atoms with Crippen molar-refractivity contribution in [3.63, 3.8) is 0 Å². The number of para-hydroxylation sites is 1. The summed E-state index contributed by atoms with van der Waals surface area (Å²) in [7, 11) is 0. The molecule has 128 valence electrons. The van der Waals surface area contributed by atoms with E-state index in [-0.39, 0.29) is 23.5 Å². The predicted molar refractivity (Wildman–Crippen MR) is 91.6 cm³/mol. The number of carboxylic acid groups (broad SMARTS) is 1. The van der Waals surface area contributed by atoms with Crippen LogP contribution in [0, 0.1) is 0 Å². The van der Waals surface area contributed by atoms with E-state index in [4.69, 9.17) is 9.52 Å². The Kier molecular flexibility index (Phi) is 3.80. The minimum atomic E-state index is -1.18. The number of carbonyl (C=O) groups excluding carboxylic acids is 1. The number of amides is 1. The summed E-state index contributed by atoms with van der Waals surface area (Å²) in [5, 5.41) is 10.1. The van der Waals surface area contributed by atoms with E-state index in [1.807, 2.05) is 24.3 Å². The van der Waals surface area contributed by atoms with Crippen LogP contribution >= 0.6 is 0 Å². The van der Waals surface area contributed by atoms with Crippen molar-refractivity contribution < 1.29 is 19.1 Å². The number of aromatic carboxylic acids is 1. The predicted octanol–water partition coefficient (Wildman–Crippen LogP) is 3.83. The number of rotatable bonds is 3. The normalized spacial score (nSPS) is 17.8. The van der Waals surface area contributed by atoms with Gasteiger partial charge in [-0.3, -0.25) is 4.79 Å². The average Bonchev–Trinajstić information content (AvgIpc) is 3.28. The van der Waals surface area contributed by atoms with Gasteiger partial charge in [0.2, 0.25) is 5.76 Å². The molecular formula is C19H18N2O4. The SMILES string of the molecule is O=C(O)c1ccc(C(=O)N2CCCC[C@H]2c2cc3ccccc3[nH]2)o1. The Balaban J connectivity index is 1.66. The van der Waals surface area contributed by atoms with Crippen molar-refractivity contribution in [2.45, 2.75) is 25.3 Å². The molecule has 1 amide bonds. The van der Waals surface area contributed by atoms with Gasteiger partial charge in [-0.05, 0) is 48.9 Å². The molecule has 1 saturated heterocycles. The summed E-state index contributed by atoms with van der Waals surface area (Å²) in [6.07, 6.45) is 2.84. The second kappa shape index (κ2) is 6.12. The molecule has 4 rings (SSSR count). The Morgan fingerprint density at radius 2 is 1.92 bits per heavy atom. The molecule has 0 aliphatic carbocycles. The molecule has 1 aliphatic heterocycles. The zero-order valence-electron chi connectivity index (χ0n) is 13.6. The van der Waals surface area contributed by atoms with Gasteiger partial charge in [0.05, 0.1) is 6.04 Å². The highest BCUT2D eigenvalue weighted by Crippen LogP contribution is 2.33. The van der Waals surface area contributed by atoms with Crippen LogP contribution < -0.4 is 0 Å². The number of fused-ring (bicyclic) bond motifs is 1. The lowest BCUT2D eigenvalue weighted by Crippen LogP contribution is -2.38. The molecule has 0 spiro atoms. The third-order valence-electron chi connectivity index (χ3n) is 4.70. The van der Waals surface area contributed by atoms with E-state index in [9.17, 15) is 9.59 Å². The monoisotopic (exact) mass is 338 g/mol. The molecule has 0 unspecified atom stereocenters. The summed E-state index contributed by atoms with van der Waals surface area (Å²) in [4.78, 5) is 29.0. The van der Waals surface area contributed by atoms with Gasteiger partial charge in [0, 0.05) is 17.8 Å². The highest BCUT2D eigenvalue weighted by molar-refractivity contribution is 5.94. The van der Waals surface area contributed by atoms with Crippen LogP contribution in [0.2, 0.25) is 0 Å². The van der Waals surface area contributed by atoms with Crippen molar-refractivity contribution in [1.29, 1.82) is 0 Å². The quantitative estimate of drug-likeness (QED) is 0.760. The Hall–Kier alpha value is -3.02. The van der Waals surface area contributed by atoms with Crippen LogP contribution in [-0.2, 0) is 0 Å². The number of H-pyrrole nitrogens is 1. The largest absolute Gasteiger partial charge is 0.475 e. The van der Waals surface area contributed by atoms with E-state index in [1.54, 1.807) is 4.90 Å². The molecule has 1 fully saturated rings. The molecule has 1 aromatic carbocycles. The molecule has 1 atom stereocenters. The molecule has 0 saturated carbocycles. The number of hydrogen-bond acceptors (Lipinski definition) is 3. The second-order valence-corrected chi connectivity index (χ2v) is 6.29.